The zero-order valence-electron chi connectivity index (χ0n) is 11.4. The lowest BCUT2D eigenvalue weighted by atomic mass is 10.2. The summed E-state index contributed by atoms with van der Waals surface area (Å²) >= 11 is 1.78. The highest BCUT2D eigenvalue weighted by atomic mass is 32.2. The molecule has 0 radical (unpaired) electrons. The fraction of sp³-hybridized carbons (Fsp3) is 0.250. The van der Waals surface area contributed by atoms with Gasteiger partial charge >= 0.3 is 0 Å². The molecule has 0 fully saturated rings. The van der Waals surface area contributed by atoms with Crippen LogP contribution in [-0.4, -0.2) is 13.4 Å². The standard InChI is InChI=1S/C16H19NOS/c1-18-15-7-3-13(4-8-15)11-17-12-14-5-9-16(19-2)10-6-14/h3-10,17H,11-12H2,1-2H3/p+1. The van der Waals surface area contributed by atoms with Gasteiger partial charge in [-0.3, -0.25) is 0 Å². The molecular formula is C16H20NOS+. The highest BCUT2D eigenvalue weighted by Gasteiger charge is 1.99. The Morgan fingerprint density at radius 1 is 0.895 bits per heavy atom. The van der Waals surface area contributed by atoms with Crippen molar-refractivity contribution in [3.63, 3.8) is 0 Å². The Hall–Kier alpha value is -1.45. The molecule has 2 nitrogen and oxygen atoms in total. The van der Waals surface area contributed by atoms with E-state index in [4.69, 9.17) is 4.74 Å². The maximum atomic E-state index is 5.15. The normalized spacial score (nSPS) is 10.4. The first-order chi connectivity index (χ1) is 9.31. The van der Waals surface area contributed by atoms with Crippen LogP contribution in [0.4, 0.5) is 0 Å². The summed E-state index contributed by atoms with van der Waals surface area (Å²) < 4.78 is 5.15. The topological polar surface area (TPSA) is 25.8 Å². The maximum Gasteiger partial charge on any atom is 0.118 e. The molecule has 2 aromatic carbocycles. The molecule has 0 unspecified atom stereocenters. The highest BCUT2D eigenvalue weighted by Crippen LogP contribution is 2.14. The second-order valence-electron chi connectivity index (χ2n) is 4.39. The Kier molecular flexibility index (Phi) is 5.31. The Labute approximate surface area is 119 Å². The van der Waals surface area contributed by atoms with Crippen LogP contribution in [0.3, 0.4) is 0 Å². The van der Waals surface area contributed by atoms with Crippen LogP contribution < -0.4 is 10.1 Å². The van der Waals surface area contributed by atoms with E-state index < -0.39 is 0 Å². The quantitative estimate of drug-likeness (QED) is 0.820. The first-order valence-electron chi connectivity index (χ1n) is 6.39. The smallest absolute Gasteiger partial charge is 0.118 e. The van der Waals surface area contributed by atoms with Crippen molar-refractivity contribution in [1.29, 1.82) is 0 Å². The van der Waals surface area contributed by atoms with Crippen molar-refractivity contribution >= 4 is 11.8 Å². The van der Waals surface area contributed by atoms with E-state index in [-0.39, 0.29) is 0 Å². The van der Waals surface area contributed by atoms with Crippen molar-refractivity contribution in [3.8, 4) is 5.75 Å². The molecule has 0 spiro atoms. The molecule has 2 N–H and O–H groups in total. The highest BCUT2D eigenvalue weighted by molar-refractivity contribution is 7.98. The van der Waals surface area contributed by atoms with Gasteiger partial charge in [-0.1, -0.05) is 12.1 Å². The van der Waals surface area contributed by atoms with Crippen molar-refractivity contribution in [2.75, 3.05) is 13.4 Å². The molecule has 0 amide bonds. The summed E-state index contributed by atoms with van der Waals surface area (Å²) in [4.78, 5) is 1.32. The number of nitrogens with two attached hydrogens (primary N) is 1. The van der Waals surface area contributed by atoms with Gasteiger partial charge in [-0.15, -0.1) is 11.8 Å². The first-order valence-corrected chi connectivity index (χ1v) is 7.62. The summed E-state index contributed by atoms with van der Waals surface area (Å²) in [5.41, 5.74) is 2.69. The van der Waals surface area contributed by atoms with E-state index in [0.29, 0.717) is 0 Å². The van der Waals surface area contributed by atoms with Crippen LogP contribution in [0.2, 0.25) is 0 Å². The first kappa shape index (κ1) is 14.0. The van der Waals surface area contributed by atoms with E-state index in [1.807, 2.05) is 12.1 Å². The number of quaternary nitrogens is 1. The van der Waals surface area contributed by atoms with Crippen LogP contribution in [0.5, 0.6) is 5.75 Å². The summed E-state index contributed by atoms with van der Waals surface area (Å²) in [6.07, 6.45) is 2.10. The van der Waals surface area contributed by atoms with Crippen molar-refractivity contribution in [3.05, 3.63) is 59.7 Å². The van der Waals surface area contributed by atoms with Gasteiger partial charge in [0.05, 0.1) is 7.11 Å². The molecule has 0 saturated carbocycles. The Morgan fingerprint density at radius 2 is 1.42 bits per heavy atom. The van der Waals surface area contributed by atoms with Gasteiger partial charge in [-0.2, -0.15) is 0 Å². The van der Waals surface area contributed by atoms with Gasteiger partial charge in [0, 0.05) is 16.0 Å². The molecule has 0 aliphatic carbocycles. The monoisotopic (exact) mass is 274 g/mol. The number of ether oxygens (including phenoxy) is 1. The number of rotatable bonds is 6. The van der Waals surface area contributed by atoms with Crippen molar-refractivity contribution in [1.82, 2.24) is 0 Å². The van der Waals surface area contributed by atoms with E-state index in [1.165, 1.54) is 16.0 Å². The second-order valence-corrected chi connectivity index (χ2v) is 5.27. The predicted molar refractivity (Wildman–Crippen MR) is 80.6 cm³/mol. The Morgan fingerprint density at radius 3 is 1.89 bits per heavy atom. The largest absolute Gasteiger partial charge is 0.497 e. The molecule has 0 heterocycles. The Bertz CT molecular complexity index is 446. The lowest BCUT2D eigenvalue weighted by molar-refractivity contribution is -0.686. The van der Waals surface area contributed by atoms with Gasteiger partial charge in [-0.05, 0) is 42.7 Å². The summed E-state index contributed by atoms with van der Waals surface area (Å²) in [5, 5.41) is 2.32. The fourth-order valence-corrected chi connectivity index (χ4v) is 2.34. The molecule has 3 heteroatoms. The van der Waals surface area contributed by atoms with Crippen LogP contribution in [0.15, 0.2) is 53.4 Å². The molecule has 0 bridgehead atoms. The van der Waals surface area contributed by atoms with Crippen molar-refractivity contribution < 1.29 is 10.1 Å². The molecule has 2 aromatic rings. The fourth-order valence-electron chi connectivity index (χ4n) is 1.93. The molecule has 0 aromatic heterocycles. The molecule has 100 valence electrons. The second kappa shape index (κ2) is 7.22. The zero-order chi connectivity index (χ0) is 13.5. The number of benzene rings is 2. The van der Waals surface area contributed by atoms with Crippen molar-refractivity contribution in [2.45, 2.75) is 18.0 Å². The van der Waals surface area contributed by atoms with Gasteiger partial charge in [0.1, 0.15) is 18.8 Å². The zero-order valence-corrected chi connectivity index (χ0v) is 12.2. The molecule has 19 heavy (non-hydrogen) atoms. The Balaban J connectivity index is 1.81. The van der Waals surface area contributed by atoms with E-state index >= 15 is 0 Å². The maximum absolute atomic E-state index is 5.15. The van der Waals surface area contributed by atoms with Crippen LogP contribution in [-0.2, 0) is 13.1 Å². The average Bonchev–Trinajstić information content (AvgIpc) is 2.49. The van der Waals surface area contributed by atoms with Gasteiger partial charge in [0.25, 0.3) is 0 Å². The SMILES string of the molecule is COc1ccc(C[NH2+]Cc2ccc(SC)cc2)cc1. The van der Waals surface area contributed by atoms with Crippen LogP contribution in [0, 0.1) is 0 Å². The lowest BCUT2D eigenvalue weighted by Gasteiger charge is -2.04. The van der Waals surface area contributed by atoms with Crippen molar-refractivity contribution in [2.24, 2.45) is 0 Å². The molecule has 0 saturated heterocycles. The van der Waals surface area contributed by atoms with Gasteiger partial charge in [0.2, 0.25) is 0 Å². The number of methoxy groups -OCH3 is 1. The molecular weight excluding hydrogens is 254 g/mol. The minimum atomic E-state index is 0.913. The minimum Gasteiger partial charge on any atom is -0.497 e. The van der Waals surface area contributed by atoms with Crippen LogP contribution in [0.1, 0.15) is 11.1 Å². The lowest BCUT2D eigenvalue weighted by Crippen LogP contribution is -2.80. The average molecular weight is 274 g/mol. The van der Waals surface area contributed by atoms with E-state index in [1.54, 1.807) is 18.9 Å². The molecule has 2 rings (SSSR count). The molecule has 0 aliphatic heterocycles. The van der Waals surface area contributed by atoms with E-state index in [9.17, 15) is 0 Å². The minimum absolute atomic E-state index is 0.913. The van der Waals surface area contributed by atoms with Gasteiger partial charge in [0.15, 0.2) is 0 Å². The van der Waals surface area contributed by atoms with Crippen LogP contribution in [0.25, 0.3) is 0 Å². The third-order valence-corrected chi connectivity index (χ3v) is 3.82. The number of thioether (sulfide) groups is 1. The molecule has 0 aliphatic rings. The summed E-state index contributed by atoms with van der Waals surface area (Å²) in [7, 11) is 1.69. The summed E-state index contributed by atoms with van der Waals surface area (Å²) in [6.45, 7) is 2.01. The third kappa shape index (κ3) is 4.30. The van der Waals surface area contributed by atoms with E-state index in [0.717, 1.165) is 18.8 Å². The van der Waals surface area contributed by atoms with Crippen LogP contribution >= 0.6 is 11.8 Å². The number of hydrogen-bond acceptors (Lipinski definition) is 2. The summed E-state index contributed by atoms with van der Waals surface area (Å²) in [6, 6.07) is 17.0. The van der Waals surface area contributed by atoms with Gasteiger partial charge < -0.3 is 10.1 Å². The molecule has 0 atom stereocenters. The number of hydrogen-bond donors (Lipinski definition) is 1. The third-order valence-electron chi connectivity index (χ3n) is 3.08. The summed E-state index contributed by atoms with van der Waals surface area (Å²) in [5.74, 6) is 0.913. The predicted octanol–water partition coefficient (Wildman–Crippen LogP) is 2.68. The van der Waals surface area contributed by atoms with Gasteiger partial charge in [-0.25, -0.2) is 0 Å². The van der Waals surface area contributed by atoms with E-state index in [2.05, 4.69) is 48.0 Å².